The number of aryl methyl sites for hydroxylation is 1. The van der Waals surface area contributed by atoms with Gasteiger partial charge in [-0.25, -0.2) is 0 Å². The van der Waals surface area contributed by atoms with E-state index in [0.717, 1.165) is 11.8 Å². The second-order valence-corrected chi connectivity index (χ2v) is 26.2. The monoisotopic (exact) mass is 1460 g/mol. The summed E-state index contributed by atoms with van der Waals surface area (Å²) < 4.78 is 93.2. The molecule has 0 amide bonds. The zero-order chi connectivity index (χ0) is 71.7. The summed E-state index contributed by atoms with van der Waals surface area (Å²) in [7, 11) is 0. The molecule has 0 aliphatic carbocycles. The number of hydrogen-bond donors (Lipinski definition) is 24. The number of thioether (sulfide) groups is 1. The van der Waals surface area contributed by atoms with Crippen LogP contribution in [-0.2, 0) is 87.0 Å². The third kappa shape index (κ3) is 16.7. The number of hydrogen-bond acceptors (Lipinski definition) is 41. The first-order valence-corrected chi connectivity index (χ1v) is 32.8. The molecule has 0 unspecified atom stereocenters. The van der Waals surface area contributed by atoms with Gasteiger partial charge in [0.2, 0.25) is 0 Å². The molecule has 99 heavy (non-hydrogen) atoms. The Hall–Kier alpha value is -2.52. The first kappa shape index (κ1) is 79.1. The average Bonchev–Trinajstić information content (AvgIpc) is 0.780. The second kappa shape index (κ2) is 34.4. The minimum Gasteiger partial charge on any atom is -0.481 e. The van der Waals surface area contributed by atoms with Gasteiger partial charge in [0.1, 0.15) is 189 Å². The largest absolute Gasteiger partial charge is 0.481 e. The smallest absolute Gasteiger partial charge is 0.303 e. The first-order valence-electron chi connectivity index (χ1n) is 31.8. The Morgan fingerprint density at radius 3 is 0.697 bits per heavy atom. The van der Waals surface area contributed by atoms with Crippen molar-refractivity contribution in [2.24, 2.45) is 0 Å². The van der Waals surface area contributed by atoms with Gasteiger partial charge in [0.25, 0.3) is 0 Å². The molecule has 0 saturated carbocycles. The van der Waals surface area contributed by atoms with Crippen LogP contribution in [0.1, 0.15) is 12.0 Å². The fourth-order valence-corrected chi connectivity index (χ4v) is 14.1. The molecular weight excluding hydrogens is 1370 g/mol. The molecule has 30 heterocycles. The molecule has 0 spiro atoms. The predicted molar refractivity (Wildman–Crippen MR) is 307 cm³/mol. The number of rotatable bonds is 13. The minimum absolute atomic E-state index is 0.114. The van der Waals surface area contributed by atoms with E-state index in [9.17, 15) is 127 Å². The van der Waals surface area contributed by atoms with Crippen LogP contribution in [0.25, 0.3) is 0 Å². The lowest BCUT2D eigenvalue weighted by atomic mass is 9.95. The van der Waals surface area contributed by atoms with Crippen molar-refractivity contribution in [3.8, 4) is 0 Å². The van der Waals surface area contributed by atoms with Crippen LogP contribution in [-0.4, -0.2) is 426 Å². The van der Waals surface area contributed by atoms with Crippen LogP contribution in [0.3, 0.4) is 0 Å². The molecule has 30 aliphatic rings. The molecule has 0 radical (unpaired) electrons. The van der Waals surface area contributed by atoms with Gasteiger partial charge < -0.3 is 198 Å². The van der Waals surface area contributed by atoms with Crippen LogP contribution in [0, 0.1) is 0 Å². The van der Waals surface area contributed by atoms with E-state index in [1.807, 2.05) is 0 Å². The fraction of sp³-hybridized carbons (Fsp3) is 0.877. The number of carboxylic acid groups (broad SMARTS) is 1. The number of ether oxygens (including phenoxy) is 16. The maximum Gasteiger partial charge on any atom is 0.303 e. The molecule has 1 aromatic carbocycles. The molecule has 40 atom stereocenters. The molecular formula is C57H88O41S. The Bertz CT molecular complexity index is 2670. The lowest BCUT2D eigenvalue weighted by Crippen LogP contribution is -2.69. The van der Waals surface area contributed by atoms with Crippen molar-refractivity contribution >= 4 is 17.7 Å². The molecule has 0 aromatic heterocycles. The first-order chi connectivity index (χ1) is 47.2. The normalized spacial score (nSPS) is 50.5. The number of carbonyl (C=O) groups is 1. The van der Waals surface area contributed by atoms with E-state index in [1.54, 1.807) is 24.3 Å². The maximum absolute atomic E-state index is 12.0. The molecule has 568 valence electrons. The highest BCUT2D eigenvalue weighted by molar-refractivity contribution is 7.99. The van der Waals surface area contributed by atoms with Crippen molar-refractivity contribution < 1.29 is 203 Å². The lowest BCUT2D eigenvalue weighted by molar-refractivity contribution is -0.403. The summed E-state index contributed by atoms with van der Waals surface area (Å²) in [6.07, 6.45) is -82.2. The van der Waals surface area contributed by atoms with Crippen molar-refractivity contribution in [2.75, 3.05) is 52.0 Å². The molecule has 41 nitrogen and oxygen atoms in total. The minimum atomic E-state index is -2.27. The van der Waals surface area contributed by atoms with E-state index in [0.29, 0.717) is 10.5 Å². The Balaban J connectivity index is 0.933. The van der Waals surface area contributed by atoms with Gasteiger partial charge in [0.15, 0.2) is 50.3 Å². The summed E-state index contributed by atoms with van der Waals surface area (Å²) in [5.41, 5.74) is 0.589. The zero-order valence-electron chi connectivity index (χ0n) is 52.1. The van der Waals surface area contributed by atoms with Crippen molar-refractivity contribution in [3.63, 3.8) is 0 Å². The van der Waals surface area contributed by atoms with Gasteiger partial charge in [0, 0.05) is 17.1 Å². The molecule has 24 N–H and O–H groups in total. The van der Waals surface area contributed by atoms with E-state index in [1.165, 1.54) is 0 Å². The summed E-state index contributed by atoms with van der Waals surface area (Å²) in [6.45, 7) is -7.62. The average molecular weight is 1460 g/mol. The van der Waals surface area contributed by atoms with Crippen molar-refractivity contribution in [3.05, 3.63) is 29.8 Å². The van der Waals surface area contributed by atoms with Crippen LogP contribution in [0.5, 0.6) is 0 Å². The van der Waals surface area contributed by atoms with Gasteiger partial charge in [0.05, 0.1) is 52.4 Å². The number of aliphatic hydroxyl groups excluding tert-OH is 23. The van der Waals surface area contributed by atoms with E-state index in [2.05, 4.69) is 0 Å². The lowest BCUT2D eigenvalue weighted by Gasteiger charge is -2.50. The van der Waals surface area contributed by atoms with Crippen LogP contribution >= 0.6 is 11.8 Å². The van der Waals surface area contributed by atoms with E-state index in [4.69, 9.17) is 75.8 Å². The summed E-state index contributed by atoms with van der Waals surface area (Å²) in [5.74, 6) is -1.36. The molecule has 1 aromatic rings. The number of aliphatic carboxylic acids is 1. The Labute approximate surface area is 564 Å². The molecule has 16 bridgehead atoms. The quantitative estimate of drug-likeness (QED) is 0.0816. The van der Waals surface area contributed by atoms with Gasteiger partial charge in [-0.15, -0.1) is 11.8 Å². The summed E-state index contributed by atoms with van der Waals surface area (Å²) in [6, 6.07) is 6.54. The zero-order valence-corrected chi connectivity index (χ0v) is 52.9. The molecule has 42 heteroatoms. The van der Waals surface area contributed by atoms with Gasteiger partial charge in [-0.3, -0.25) is 4.79 Å². The summed E-state index contributed by atoms with van der Waals surface area (Å²) >= 11 is 1.02. The molecule has 30 aliphatic heterocycles. The maximum atomic E-state index is 12.0. The van der Waals surface area contributed by atoms with Gasteiger partial charge in [-0.1, -0.05) is 12.1 Å². The standard InChI is InChI=1S/C57H88O41S/c58-7-17-42-26(67)34(75)50(83-17)92-43-18(8-59)85-52(36(77)28(43)69)94-45-20(10-61)87-54(38(79)30(45)71)96-47-22(12-63)89-56(40(81)32(47)73)98-49-24(14-99-16-3-1-2-15(6-16)4-5-25(65)66)90-57(41(82)33(49)74)97-48-23(13-64)88-55(39(80)31(48)72)95-46-21(11-62)86-53(37(78)29(46)70)93-44-19(9-60)84-51(91-42)35(76)27(44)68/h1-3,6,17-24,26-64,67-82H,4-5,7-14H2,(H,65,66)/t17-,18-,19-,20-,21-,22-,23-,24-,26-,27-,28-,29-,30-,31-,32-,33-,34-,35-,36-,37-,38-,39-,40-,41-,42-,43-,44-,45-,46-,47-,48-,49-,50-,51-,52-,53-,54-,55-,56-,57-/m1/s1. The van der Waals surface area contributed by atoms with Crippen LogP contribution in [0.2, 0.25) is 0 Å². The van der Waals surface area contributed by atoms with Crippen molar-refractivity contribution in [2.45, 2.75) is 263 Å². The highest BCUT2D eigenvalue weighted by Crippen LogP contribution is 2.41. The topological polar surface area (TPSA) is 650 Å². The van der Waals surface area contributed by atoms with Crippen molar-refractivity contribution in [1.29, 1.82) is 0 Å². The van der Waals surface area contributed by atoms with Gasteiger partial charge >= 0.3 is 5.97 Å². The number of carboxylic acids is 1. The second-order valence-electron chi connectivity index (χ2n) is 25.1. The van der Waals surface area contributed by atoms with Crippen LogP contribution in [0.4, 0.5) is 0 Å². The molecule has 31 rings (SSSR count). The summed E-state index contributed by atoms with van der Waals surface area (Å²) in [5, 5.41) is 268. The van der Waals surface area contributed by atoms with Crippen LogP contribution < -0.4 is 0 Å². The summed E-state index contributed by atoms with van der Waals surface area (Å²) in [4.78, 5) is 11.9. The highest BCUT2D eigenvalue weighted by Gasteiger charge is 2.60. The van der Waals surface area contributed by atoms with Gasteiger partial charge in [-0.2, -0.15) is 0 Å². The SMILES string of the molecule is O=C(O)CCc1cccc(SC[C@H]2O[C@@H]3O[C@H]4[C@H](O)[C@@H](O)[C@@H](O[C@H]5[C@H](O)[C@@H](O)[C@@H](O[C@H]6[C@H](O)[C@@H](O)[C@@H](O[C@H]7[C@H](O)[C@@H](O)[C@@H](O[C@H]8[C@H](O)[C@@H](O)[C@@H](O[C@H]9[C@H](O)[C@@H](O)[C@@H](O[C@H]%10[C@H](O)[C@@H](O)[C@@H](O[C@H]2[C@H](O)[C@H]3O)O[C@@H]%10CO)O[C@@H]9CO)O[C@@H]8CO)O[C@@H]7CO)O[C@@H]6CO)O[C@@H]5CO)O[C@@H]4CO)c1. The number of aliphatic hydroxyl groups is 23. The highest BCUT2D eigenvalue weighted by atomic mass is 32.2. The van der Waals surface area contributed by atoms with Crippen LogP contribution in [0.15, 0.2) is 29.2 Å². The predicted octanol–water partition coefficient (Wildman–Crippen LogP) is -14.6. The van der Waals surface area contributed by atoms with E-state index >= 15 is 0 Å². The number of benzene rings is 1. The molecule has 30 saturated heterocycles. The Kier molecular flexibility index (Phi) is 27.4. The van der Waals surface area contributed by atoms with E-state index < -0.39 is 298 Å². The Morgan fingerprint density at radius 1 is 0.293 bits per heavy atom. The molecule has 30 fully saturated rings. The van der Waals surface area contributed by atoms with Gasteiger partial charge in [-0.05, 0) is 24.1 Å². The van der Waals surface area contributed by atoms with Crippen molar-refractivity contribution in [1.82, 2.24) is 0 Å². The van der Waals surface area contributed by atoms with E-state index in [-0.39, 0.29) is 18.6 Å². The third-order valence-corrected chi connectivity index (χ3v) is 19.7. The fourth-order valence-electron chi connectivity index (χ4n) is 13.1. The third-order valence-electron chi connectivity index (χ3n) is 18.7. The Morgan fingerprint density at radius 2 is 0.495 bits per heavy atom.